The second kappa shape index (κ2) is 4.88. The van der Waals surface area contributed by atoms with Crippen molar-refractivity contribution in [3.63, 3.8) is 0 Å². The predicted octanol–water partition coefficient (Wildman–Crippen LogP) is 2.90. The summed E-state index contributed by atoms with van der Waals surface area (Å²) < 4.78 is 13.1. The highest BCUT2D eigenvalue weighted by Crippen LogP contribution is 2.26. The van der Waals surface area contributed by atoms with Crippen LogP contribution in [0.3, 0.4) is 0 Å². The Kier molecular flexibility index (Phi) is 3.06. The fourth-order valence-electron chi connectivity index (χ4n) is 2.09. The molecule has 0 radical (unpaired) electrons. The molecule has 0 spiro atoms. The average Bonchev–Trinajstić information content (AvgIpc) is 3.08. The molecule has 3 aromatic heterocycles. The van der Waals surface area contributed by atoms with Crippen molar-refractivity contribution in [2.24, 2.45) is 7.05 Å². The van der Waals surface area contributed by atoms with Gasteiger partial charge in [0.15, 0.2) is 0 Å². The molecule has 0 saturated carbocycles. The Morgan fingerprint density at radius 2 is 2.10 bits per heavy atom. The first kappa shape index (κ1) is 12.5. The molecule has 0 saturated heterocycles. The number of hydrogen-bond acceptors (Lipinski definition) is 5. The molecule has 6 nitrogen and oxygen atoms in total. The summed E-state index contributed by atoms with van der Waals surface area (Å²) in [6, 6.07) is 6.32. The molecule has 6 heteroatoms. The average molecular weight is 272 g/mol. The zero-order valence-corrected chi connectivity index (χ0v) is 11.7. The van der Waals surface area contributed by atoms with Crippen molar-refractivity contribution in [2.45, 2.75) is 20.4 Å². The summed E-state index contributed by atoms with van der Waals surface area (Å²) in [6.07, 6.45) is 1.99. The Labute approximate surface area is 116 Å². The molecule has 1 N–H and O–H groups in total. The first-order valence-corrected chi connectivity index (χ1v) is 6.38. The molecule has 0 aliphatic heterocycles. The van der Waals surface area contributed by atoms with Crippen molar-refractivity contribution < 1.29 is 8.83 Å². The van der Waals surface area contributed by atoms with E-state index in [4.69, 9.17) is 8.83 Å². The van der Waals surface area contributed by atoms with Gasteiger partial charge in [0.1, 0.15) is 11.5 Å². The van der Waals surface area contributed by atoms with Crippen molar-refractivity contribution >= 4 is 6.01 Å². The molecular formula is C14H16N4O2. The summed E-state index contributed by atoms with van der Waals surface area (Å²) in [4.78, 5) is 0. The molecule has 3 heterocycles. The first-order chi connectivity index (χ1) is 9.63. The number of rotatable bonds is 4. The third-order valence-corrected chi connectivity index (χ3v) is 3.17. The quantitative estimate of drug-likeness (QED) is 0.790. The van der Waals surface area contributed by atoms with Gasteiger partial charge < -0.3 is 18.7 Å². The fourth-order valence-corrected chi connectivity index (χ4v) is 2.09. The number of aryl methyl sites for hydroxylation is 3. The number of furan rings is 1. The molecule has 3 aromatic rings. The molecule has 3 rings (SSSR count). The molecule has 0 fully saturated rings. The number of anilines is 1. The summed E-state index contributed by atoms with van der Waals surface area (Å²) in [6.45, 7) is 4.40. The van der Waals surface area contributed by atoms with Gasteiger partial charge >= 0.3 is 6.01 Å². The van der Waals surface area contributed by atoms with Crippen LogP contribution in [0.15, 0.2) is 33.2 Å². The zero-order valence-electron chi connectivity index (χ0n) is 11.7. The van der Waals surface area contributed by atoms with Gasteiger partial charge in [-0.15, -0.1) is 5.10 Å². The van der Waals surface area contributed by atoms with Crippen LogP contribution in [0, 0.1) is 13.8 Å². The second-order valence-corrected chi connectivity index (χ2v) is 4.70. The molecule has 104 valence electrons. The van der Waals surface area contributed by atoms with Crippen molar-refractivity contribution in [3.05, 3.63) is 41.6 Å². The van der Waals surface area contributed by atoms with E-state index in [1.807, 2.05) is 49.9 Å². The van der Waals surface area contributed by atoms with Crippen LogP contribution in [-0.2, 0) is 13.6 Å². The molecule has 0 amide bonds. The second-order valence-electron chi connectivity index (χ2n) is 4.70. The van der Waals surface area contributed by atoms with Crippen molar-refractivity contribution in [1.82, 2.24) is 14.8 Å². The zero-order chi connectivity index (χ0) is 14.1. The van der Waals surface area contributed by atoms with Crippen LogP contribution < -0.4 is 5.32 Å². The van der Waals surface area contributed by atoms with Crippen molar-refractivity contribution in [2.75, 3.05) is 5.32 Å². The minimum atomic E-state index is 0.402. The van der Waals surface area contributed by atoms with E-state index < -0.39 is 0 Å². The van der Waals surface area contributed by atoms with E-state index in [0.717, 1.165) is 22.8 Å². The largest absolute Gasteiger partial charge is 0.466 e. The van der Waals surface area contributed by atoms with E-state index in [-0.39, 0.29) is 0 Å². The first-order valence-electron chi connectivity index (χ1n) is 6.38. The van der Waals surface area contributed by atoms with Crippen LogP contribution in [0.5, 0.6) is 0 Å². The molecule has 0 bridgehead atoms. The smallest absolute Gasteiger partial charge is 0.316 e. The molecule has 0 atom stereocenters. The standard InChI is InChI=1S/C14H16N4O2/c1-9-7-12(10(2)19-9)13-16-17-14(20-13)15-8-11-5-4-6-18(11)3/h4-7H,8H2,1-3H3,(H,15,17). The molecular weight excluding hydrogens is 256 g/mol. The maximum absolute atomic E-state index is 5.60. The van der Waals surface area contributed by atoms with E-state index in [0.29, 0.717) is 18.5 Å². The number of aromatic nitrogens is 3. The highest BCUT2D eigenvalue weighted by molar-refractivity contribution is 5.56. The normalized spacial score (nSPS) is 10.9. The van der Waals surface area contributed by atoms with Crippen molar-refractivity contribution in [1.29, 1.82) is 0 Å². The Morgan fingerprint density at radius 1 is 1.25 bits per heavy atom. The predicted molar refractivity (Wildman–Crippen MR) is 74.2 cm³/mol. The van der Waals surface area contributed by atoms with Gasteiger partial charge in [-0.25, -0.2) is 0 Å². The topological polar surface area (TPSA) is 69.0 Å². The SMILES string of the molecule is Cc1cc(-c2nnc(NCc3cccn3C)o2)c(C)o1. The summed E-state index contributed by atoms with van der Waals surface area (Å²) >= 11 is 0. The Morgan fingerprint density at radius 3 is 2.75 bits per heavy atom. The van der Waals surface area contributed by atoms with E-state index in [9.17, 15) is 0 Å². The monoisotopic (exact) mass is 272 g/mol. The Bertz CT molecular complexity index is 723. The van der Waals surface area contributed by atoms with Gasteiger partial charge in [-0.3, -0.25) is 0 Å². The van der Waals surface area contributed by atoms with E-state index in [2.05, 4.69) is 15.5 Å². The molecule has 0 aliphatic rings. The van der Waals surface area contributed by atoms with Gasteiger partial charge in [0, 0.05) is 18.9 Å². The van der Waals surface area contributed by atoms with Crippen LogP contribution in [0.2, 0.25) is 0 Å². The number of nitrogens with one attached hydrogen (secondary N) is 1. The lowest BCUT2D eigenvalue weighted by Crippen LogP contribution is -2.03. The van der Waals surface area contributed by atoms with Crippen LogP contribution in [-0.4, -0.2) is 14.8 Å². The van der Waals surface area contributed by atoms with Gasteiger partial charge in [0.25, 0.3) is 5.89 Å². The van der Waals surface area contributed by atoms with Gasteiger partial charge in [0.05, 0.1) is 12.1 Å². The highest BCUT2D eigenvalue weighted by atomic mass is 16.4. The Balaban J connectivity index is 1.74. The van der Waals surface area contributed by atoms with Crippen molar-refractivity contribution in [3.8, 4) is 11.5 Å². The molecule has 0 unspecified atom stereocenters. The summed E-state index contributed by atoms with van der Waals surface area (Å²) in [5.74, 6) is 2.07. The third-order valence-electron chi connectivity index (χ3n) is 3.17. The van der Waals surface area contributed by atoms with E-state index in [1.165, 1.54) is 0 Å². The Hall–Kier alpha value is -2.50. The van der Waals surface area contributed by atoms with Gasteiger partial charge in [-0.2, -0.15) is 0 Å². The lowest BCUT2D eigenvalue weighted by atomic mass is 10.2. The highest BCUT2D eigenvalue weighted by Gasteiger charge is 2.14. The van der Waals surface area contributed by atoms with Gasteiger partial charge in [0.2, 0.25) is 0 Å². The van der Waals surface area contributed by atoms with Crippen LogP contribution in [0.1, 0.15) is 17.2 Å². The molecule has 0 aliphatic carbocycles. The maximum atomic E-state index is 5.60. The minimum absolute atomic E-state index is 0.402. The minimum Gasteiger partial charge on any atom is -0.466 e. The van der Waals surface area contributed by atoms with E-state index >= 15 is 0 Å². The molecule has 20 heavy (non-hydrogen) atoms. The molecule has 0 aromatic carbocycles. The summed E-state index contributed by atoms with van der Waals surface area (Å²) in [7, 11) is 1.99. The fraction of sp³-hybridized carbons (Fsp3) is 0.286. The summed E-state index contributed by atoms with van der Waals surface area (Å²) in [5, 5.41) is 11.1. The maximum Gasteiger partial charge on any atom is 0.316 e. The third kappa shape index (κ3) is 2.32. The van der Waals surface area contributed by atoms with Crippen LogP contribution in [0.25, 0.3) is 11.5 Å². The number of nitrogens with zero attached hydrogens (tertiary/aromatic N) is 3. The van der Waals surface area contributed by atoms with Gasteiger partial charge in [-0.05, 0) is 32.0 Å². The summed E-state index contributed by atoms with van der Waals surface area (Å²) in [5.41, 5.74) is 1.97. The van der Waals surface area contributed by atoms with E-state index in [1.54, 1.807) is 0 Å². The lowest BCUT2D eigenvalue weighted by molar-refractivity contribution is 0.503. The van der Waals surface area contributed by atoms with Gasteiger partial charge in [-0.1, -0.05) is 5.10 Å². The lowest BCUT2D eigenvalue weighted by Gasteiger charge is -2.02. The van der Waals surface area contributed by atoms with Crippen LogP contribution in [0.4, 0.5) is 6.01 Å². The number of hydrogen-bond donors (Lipinski definition) is 1. The van der Waals surface area contributed by atoms with Crippen LogP contribution >= 0.6 is 0 Å².